The lowest BCUT2D eigenvalue weighted by molar-refractivity contribution is 0.0928. The summed E-state index contributed by atoms with van der Waals surface area (Å²) >= 11 is 0. The molecule has 0 radical (unpaired) electrons. The number of carbonyl (C=O) groups excluding carboxylic acids is 1. The molecule has 1 amide bonds. The van der Waals surface area contributed by atoms with Gasteiger partial charge >= 0.3 is 0 Å². The maximum Gasteiger partial charge on any atom is 0.251 e. The smallest absolute Gasteiger partial charge is 0.251 e. The Bertz CT molecular complexity index is 446. The fraction of sp³-hybridized carbons (Fsp3) is 0.533. The average Bonchev–Trinajstić information content (AvgIpc) is 2.44. The van der Waals surface area contributed by atoms with Crippen molar-refractivity contribution in [1.82, 2.24) is 5.32 Å². The van der Waals surface area contributed by atoms with Gasteiger partial charge in [0.05, 0.1) is 0 Å². The second-order valence-electron chi connectivity index (χ2n) is 5.02. The van der Waals surface area contributed by atoms with E-state index < -0.39 is 0 Å². The summed E-state index contributed by atoms with van der Waals surface area (Å²) in [7, 11) is 1.67. The van der Waals surface area contributed by atoms with E-state index in [1.165, 1.54) is 0 Å². The van der Waals surface area contributed by atoms with Crippen molar-refractivity contribution in [2.45, 2.75) is 32.2 Å². The number of fused-ring (bicyclic) bond motifs is 1. The largest absolute Gasteiger partial charge is 0.385 e. The molecule has 2 N–H and O–H groups in total. The molecule has 1 atom stereocenters. The van der Waals surface area contributed by atoms with E-state index >= 15 is 0 Å². The Morgan fingerprint density at radius 2 is 2.37 bits per heavy atom. The minimum atomic E-state index is 0.0177. The number of methoxy groups -OCH3 is 1. The van der Waals surface area contributed by atoms with Crippen LogP contribution < -0.4 is 10.6 Å². The molecular formula is C15H22N2O2. The lowest BCUT2D eigenvalue weighted by atomic mass is 9.97. The Labute approximate surface area is 114 Å². The standard InChI is InChI=1S/C15H22N2O2/c1-11(8-10-19-2)17-15(18)13-5-3-7-14-12(13)6-4-9-16-14/h3,5,7,11,16H,4,6,8-10H2,1-2H3,(H,17,18). The van der Waals surface area contributed by atoms with E-state index in [1.807, 2.05) is 25.1 Å². The van der Waals surface area contributed by atoms with Crippen LogP contribution in [0.2, 0.25) is 0 Å². The Morgan fingerprint density at radius 3 is 3.16 bits per heavy atom. The third-order valence-electron chi connectivity index (χ3n) is 3.47. The molecule has 0 aromatic heterocycles. The molecule has 0 aliphatic carbocycles. The summed E-state index contributed by atoms with van der Waals surface area (Å²) in [4.78, 5) is 12.3. The molecule has 0 saturated heterocycles. The zero-order valence-electron chi connectivity index (χ0n) is 11.7. The summed E-state index contributed by atoms with van der Waals surface area (Å²) in [5.74, 6) is 0.0177. The Morgan fingerprint density at radius 1 is 1.53 bits per heavy atom. The van der Waals surface area contributed by atoms with Crippen LogP contribution in [0.3, 0.4) is 0 Å². The van der Waals surface area contributed by atoms with Crippen molar-refractivity contribution < 1.29 is 9.53 Å². The SMILES string of the molecule is COCCC(C)NC(=O)c1cccc2c1CCCN2. The molecule has 2 rings (SSSR count). The first-order valence-corrected chi connectivity index (χ1v) is 6.88. The molecular weight excluding hydrogens is 240 g/mol. The molecule has 4 heteroatoms. The van der Waals surface area contributed by atoms with Crippen LogP contribution in [0.4, 0.5) is 5.69 Å². The van der Waals surface area contributed by atoms with Crippen LogP contribution in [0.5, 0.6) is 0 Å². The first-order chi connectivity index (χ1) is 9.22. The van der Waals surface area contributed by atoms with Crippen molar-refractivity contribution in [3.05, 3.63) is 29.3 Å². The highest BCUT2D eigenvalue weighted by atomic mass is 16.5. The van der Waals surface area contributed by atoms with E-state index in [-0.39, 0.29) is 11.9 Å². The zero-order valence-corrected chi connectivity index (χ0v) is 11.7. The van der Waals surface area contributed by atoms with Crippen LogP contribution in [0, 0.1) is 0 Å². The van der Waals surface area contributed by atoms with Crippen molar-refractivity contribution in [2.24, 2.45) is 0 Å². The third kappa shape index (κ3) is 3.47. The number of amides is 1. The zero-order chi connectivity index (χ0) is 13.7. The number of carbonyl (C=O) groups is 1. The van der Waals surface area contributed by atoms with Gasteiger partial charge in [0.1, 0.15) is 0 Å². The fourth-order valence-corrected chi connectivity index (χ4v) is 2.39. The molecule has 0 saturated carbocycles. The summed E-state index contributed by atoms with van der Waals surface area (Å²) in [6, 6.07) is 6.01. The highest BCUT2D eigenvalue weighted by Gasteiger charge is 2.18. The molecule has 0 spiro atoms. The topological polar surface area (TPSA) is 50.4 Å². The van der Waals surface area contributed by atoms with E-state index in [9.17, 15) is 4.79 Å². The predicted molar refractivity (Wildman–Crippen MR) is 76.7 cm³/mol. The van der Waals surface area contributed by atoms with Gasteiger partial charge in [-0.3, -0.25) is 4.79 Å². The van der Waals surface area contributed by atoms with Crippen molar-refractivity contribution in [1.29, 1.82) is 0 Å². The molecule has 1 aliphatic heterocycles. The summed E-state index contributed by atoms with van der Waals surface area (Å²) < 4.78 is 5.03. The Balaban J connectivity index is 2.07. The number of hydrogen-bond acceptors (Lipinski definition) is 3. The van der Waals surface area contributed by atoms with Crippen LogP contribution in [0.25, 0.3) is 0 Å². The van der Waals surface area contributed by atoms with E-state index in [1.54, 1.807) is 7.11 Å². The van der Waals surface area contributed by atoms with Gasteiger partial charge in [0, 0.05) is 37.6 Å². The minimum absolute atomic E-state index is 0.0177. The van der Waals surface area contributed by atoms with Gasteiger partial charge in [-0.15, -0.1) is 0 Å². The number of hydrogen-bond donors (Lipinski definition) is 2. The quantitative estimate of drug-likeness (QED) is 0.855. The van der Waals surface area contributed by atoms with E-state index in [0.717, 1.165) is 42.6 Å². The van der Waals surface area contributed by atoms with Gasteiger partial charge in [-0.25, -0.2) is 0 Å². The lowest BCUT2D eigenvalue weighted by Crippen LogP contribution is -2.34. The molecule has 0 bridgehead atoms. The average molecular weight is 262 g/mol. The van der Waals surface area contributed by atoms with Crippen molar-refractivity contribution in [3.63, 3.8) is 0 Å². The van der Waals surface area contributed by atoms with Crippen LogP contribution >= 0.6 is 0 Å². The molecule has 4 nitrogen and oxygen atoms in total. The second-order valence-corrected chi connectivity index (χ2v) is 5.02. The van der Waals surface area contributed by atoms with Crippen molar-refractivity contribution in [2.75, 3.05) is 25.6 Å². The number of anilines is 1. The monoisotopic (exact) mass is 262 g/mol. The molecule has 19 heavy (non-hydrogen) atoms. The summed E-state index contributed by atoms with van der Waals surface area (Å²) in [5, 5.41) is 6.38. The Kier molecular flexibility index (Phi) is 4.80. The number of ether oxygens (including phenoxy) is 1. The first-order valence-electron chi connectivity index (χ1n) is 6.88. The Hall–Kier alpha value is -1.55. The van der Waals surface area contributed by atoms with Crippen molar-refractivity contribution in [3.8, 4) is 0 Å². The van der Waals surface area contributed by atoms with E-state index in [0.29, 0.717) is 6.61 Å². The van der Waals surface area contributed by atoms with Crippen LogP contribution in [0.15, 0.2) is 18.2 Å². The van der Waals surface area contributed by atoms with Crippen LogP contribution in [-0.4, -0.2) is 32.2 Å². The first kappa shape index (κ1) is 13.9. The van der Waals surface area contributed by atoms with Gasteiger partial charge in [-0.2, -0.15) is 0 Å². The predicted octanol–water partition coefficient (Wildman–Crippen LogP) is 2.20. The lowest BCUT2D eigenvalue weighted by Gasteiger charge is -2.21. The summed E-state index contributed by atoms with van der Waals surface area (Å²) in [6.45, 7) is 3.66. The molecule has 1 unspecified atom stereocenters. The molecule has 1 aliphatic rings. The maximum absolute atomic E-state index is 12.3. The fourth-order valence-electron chi connectivity index (χ4n) is 2.39. The number of rotatable bonds is 5. The highest BCUT2D eigenvalue weighted by molar-refractivity contribution is 5.97. The minimum Gasteiger partial charge on any atom is -0.385 e. The van der Waals surface area contributed by atoms with Crippen LogP contribution in [0.1, 0.15) is 35.7 Å². The number of benzene rings is 1. The molecule has 1 heterocycles. The molecule has 0 fully saturated rings. The van der Waals surface area contributed by atoms with E-state index in [2.05, 4.69) is 10.6 Å². The molecule has 1 aromatic carbocycles. The van der Waals surface area contributed by atoms with Gasteiger partial charge in [-0.1, -0.05) is 6.07 Å². The van der Waals surface area contributed by atoms with Crippen molar-refractivity contribution >= 4 is 11.6 Å². The highest BCUT2D eigenvalue weighted by Crippen LogP contribution is 2.25. The summed E-state index contributed by atoms with van der Waals surface area (Å²) in [5.41, 5.74) is 3.04. The van der Waals surface area contributed by atoms with Gasteiger partial charge in [0.25, 0.3) is 5.91 Å². The van der Waals surface area contributed by atoms with Gasteiger partial charge in [0.15, 0.2) is 0 Å². The van der Waals surface area contributed by atoms with Gasteiger partial charge in [-0.05, 0) is 43.9 Å². The normalized spacial score (nSPS) is 15.3. The summed E-state index contributed by atoms with van der Waals surface area (Å²) in [6.07, 6.45) is 2.88. The number of nitrogens with one attached hydrogen (secondary N) is 2. The third-order valence-corrected chi connectivity index (χ3v) is 3.47. The second kappa shape index (κ2) is 6.57. The molecule has 1 aromatic rings. The van der Waals surface area contributed by atoms with Gasteiger partial charge in [0.2, 0.25) is 0 Å². The molecule has 104 valence electrons. The van der Waals surface area contributed by atoms with Gasteiger partial charge < -0.3 is 15.4 Å². The van der Waals surface area contributed by atoms with E-state index in [4.69, 9.17) is 4.74 Å². The maximum atomic E-state index is 12.3. The van der Waals surface area contributed by atoms with Crippen LogP contribution in [-0.2, 0) is 11.2 Å².